The third kappa shape index (κ3) is 1.99. The Hall–Kier alpha value is -0.830. The molecule has 0 aromatic heterocycles. The predicted octanol–water partition coefficient (Wildman–Crippen LogP) is 3.45. The largest absolute Gasteiger partial charge is 0.487 e. The van der Waals surface area contributed by atoms with E-state index in [4.69, 9.17) is 4.74 Å². The molecule has 0 aliphatic carbocycles. The van der Waals surface area contributed by atoms with Crippen LogP contribution in [0.5, 0.6) is 5.75 Å². The van der Waals surface area contributed by atoms with Crippen LogP contribution in [0.1, 0.15) is 43.0 Å². The number of fused-ring (bicyclic) bond motifs is 1. The monoisotopic (exact) mass is 266 g/mol. The van der Waals surface area contributed by atoms with Gasteiger partial charge < -0.3 is 4.74 Å². The summed E-state index contributed by atoms with van der Waals surface area (Å²) in [6.07, 6.45) is 0.906. The topological polar surface area (TPSA) is 26.3 Å². The van der Waals surface area contributed by atoms with Gasteiger partial charge in [-0.05, 0) is 51.3 Å². The molecule has 1 aromatic rings. The summed E-state index contributed by atoms with van der Waals surface area (Å²) in [6.45, 7) is 12.4. The molecule has 0 saturated carbocycles. The Morgan fingerprint density at radius 2 is 1.78 bits per heavy atom. The first-order valence-corrected chi connectivity index (χ1v) is 7.80. The normalized spacial score (nSPS) is 18.3. The Balaban J connectivity index is 2.70. The average Bonchev–Trinajstić information content (AvgIpc) is 2.62. The smallest absolute Gasteiger partial charge is 0.126 e. The summed E-state index contributed by atoms with van der Waals surface area (Å²) >= 11 is 0. The summed E-state index contributed by atoms with van der Waals surface area (Å²) < 4.78 is 18.3. The number of ether oxygens (including phenoxy) is 1. The molecule has 0 radical (unpaired) electrons. The van der Waals surface area contributed by atoms with Crippen molar-refractivity contribution < 1.29 is 8.95 Å². The molecule has 0 N–H and O–H groups in total. The van der Waals surface area contributed by atoms with Crippen molar-refractivity contribution in [1.29, 1.82) is 0 Å². The van der Waals surface area contributed by atoms with Crippen LogP contribution in [-0.4, -0.2) is 15.6 Å². The second-order valence-corrected chi connectivity index (χ2v) is 7.36. The molecule has 0 fully saturated rings. The van der Waals surface area contributed by atoms with E-state index < -0.39 is 10.8 Å². The van der Waals surface area contributed by atoms with Crippen molar-refractivity contribution in [3.8, 4) is 5.75 Å². The summed E-state index contributed by atoms with van der Waals surface area (Å²) in [5.74, 6) is 1.69. The first-order valence-electron chi connectivity index (χ1n) is 6.48. The maximum Gasteiger partial charge on any atom is 0.126 e. The Morgan fingerprint density at radius 3 is 2.33 bits per heavy atom. The van der Waals surface area contributed by atoms with E-state index >= 15 is 0 Å². The lowest BCUT2D eigenvalue weighted by Gasteiger charge is -2.18. The highest BCUT2D eigenvalue weighted by Gasteiger charge is 2.34. The Labute approximate surface area is 112 Å². The zero-order chi connectivity index (χ0) is 13.7. The summed E-state index contributed by atoms with van der Waals surface area (Å²) in [6, 6.07) is 0. The molecule has 1 heterocycles. The molecule has 1 unspecified atom stereocenters. The van der Waals surface area contributed by atoms with Crippen LogP contribution in [0.4, 0.5) is 0 Å². The van der Waals surface area contributed by atoms with Crippen molar-refractivity contribution in [2.75, 3.05) is 5.75 Å². The van der Waals surface area contributed by atoms with Crippen LogP contribution in [0.2, 0.25) is 0 Å². The molecule has 0 saturated heterocycles. The van der Waals surface area contributed by atoms with Gasteiger partial charge in [-0.1, -0.05) is 6.92 Å². The fourth-order valence-corrected chi connectivity index (χ4v) is 3.98. The quantitative estimate of drug-likeness (QED) is 0.819. The summed E-state index contributed by atoms with van der Waals surface area (Å²) in [7, 11) is -0.897. The Morgan fingerprint density at radius 1 is 1.17 bits per heavy atom. The van der Waals surface area contributed by atoms with Gasteiger partial charge in [0, 0.05) is 22.6 Å². The zero-order valence-corrected chi connectivity index (χ0v) is 13.0. The van der Waals surface area contributed by atoms with E-state index in [2.05, 4.69) is 34.6 Å². The first-order chi connectivity index (χ1) is 8.28. The minimum atomic E-state index is -0.897. The van der Waals surface area contributed by atoms with Crippen LogP contribution in [0.15, 0.2) is 4.90 Å². The zero-order valence-electron chi connectivity index (χ0n) is 12.1. The molecule has 2 nitrogen and oxygen atoms in total. The van der Waals surface area contributed by atoms with Gasteiger partial charge in [-0.2, -0.15) is 0 Å². The third-order valence-electron chi connectivity index (χ3n) is 3.78. The van der Waals surface area contributed by atoms with Crippen molar-refractivity contribution in [2.45, 2.75) is 58.5 Å². The fraction of sp³-hybridized carbons (Fsp3) is 0.600. The SMILES string of the molecule is CCS(=O)c1c(C)c(C)c2c(c1C)CC(C)(C)O2. The second kappa shape index (κ2) is 4.37. The maximum atomic E-state index is 12.2. The second-order valence-electron chi connectivity index (χ2n) is 5.68. The first kappa shape index (κ1) is 13.6. The van der Waals surface area contributed by atoms with Gasteiger partial charge in [-0.15, -0.1) is 0 Å². The number of benzene rings is 1. The molecular formula is C15H22O2S. The third-order valence-corrected chi connectivity index (χ3v) is 5.37. The van der Waals surface area contributed by atoms with Crippen molar-refractivity contribution >= 4 is 10.8 Å². The molecule has 0 bridgehead atoms. The average molecular weight is 266 g/mol. The molecule has 0 amide bonds. The van der Waals surface area contributed by atoms with E-state index in [0.717, 1.165) is 28.2 Å². The van der Waals surface area contributed by atoms with Gasteiger partial charge in [0.2, 0.25) is 0 Å². The van der Waals surface area contributed by atoms with E-state index in [1.807, 2.05) is 6.92 Å². The van der Waals surface area contributed by atoms with Crippen molar-refractivity contribution in [3.63, 3.8) is 0 Å². The van der Waals surface area contributed by atoms with E-state index in [1.54, 1.807) is 0 Å². The van der Waals surface area contributed by atoms with Gasteiger partial charge >= 0.3 is 0 Å². The summed E-state index contributed by atoms with van der Waals surface area (Å²) in [5.41, 5.74) is 4.55. The lowest BCUT2D eigenvalue weighted by molar-refractivity contribution is 0.137. The fourth-order valence-electron chi connectivity index (χ4n) is 2.73. The van der Waals surface area contributed by atoms with E-state index in [-0.39, 0.29) is 5.60 Å². The van der Waals surface area contributed by atoms with E-state index in [0.29, 0.717) is 5.75 Å². The molecule has 1 aliphatic heterocycles. The van der Waals surface area contributed by atoms with Crippen molar-refractivity contribution in [1.82, 2.24) is 0 Å². The molecule has 1 atom stereocenters. The molecule has 2 rings (SSSR count). The maximum absolute atomic E-state index is 12.2. The molecule has 1 aromatic carbocycles. The molecule has 1 aliphatic rings. The van der Waals surface area contributed by atoms with Crippen LogP contribution in [-0.2, 0) is 17.2 Å². The number of hydrogen-bond donors (Lipinski definition) is 0. The molecular weight excluding hydrogens is 244 g/mol. The predicted molar refractivity (Wildman–Crippen MR) is 76.0 cm³/mol. The molecule has 0 spiro atoms. The van der Waals surface area contributed by atoms with Crippen LogP contribution in [0.25, 0.3) is 0 Å². The lowest BCUT2D eigenvalue weighted by Crippen LogP contribution is -2.24. The minimum Gasteiger partial charge on any atom is -0.487 e. The highest BCUT2D eigenvalue weighted by molar-refractivity contribution is 7.85. The summed E-state index contributed by atoms with van der Waals surface area (Å²) in [4.78, 5) is 1.02. The van der Waals surface area contributed by atoms with Crippen LogP contribution in [0.3, 0.4) is 0 Å². The lowest BCUT2D eigenvalue weighted by atomic mass is 9.94. The van der Waals surface area contributed by atoms with Gasteiger partial charge in [0.1, 0.15) is 11.4 Å². The molecule has 18 heavy (non-hydrogen) atoms. The molecule has 3 heteroatoms. The Kier molecular flexibility index (Phi) is 3.30. The van der Waals surface area contributed by atoms with Gasteiger partial charge in [-0.25, -0.2) is 0 Å². The van der Waals surface area contributed by atoms with Gasteiger partial charge in [-0.3, -0.25) is 4.21 Å². The van der Waals surface area contributed by atoms with Crippen LogP contribution < -0.4 is 4.74 Å². The Bertz CT molecular complexity index is 530. The molecule has 100 valence electrons. The summed E-state index contributed by atoms with van der Waals surface area (Å²) in [5, 5.41) is 0. The standard InChI is InChI=1S/C15H22O2S/c1-7-18(16)14-10(3)9(2)13-12(11(14)4)8-15(5,6)17-13/h7-8H2,1-6H3. The van der Waals surface area contributed by atoms with E-state index in [9.17, 15) is 4.21 Å². The van der Waals surface area contributed by atoms with Crippen molar-refractivity contribution in [2.24, 2.45) is 0 Å². The van der Waals surface area contributed by atoms with Gasteiger partial charge in [0.15, 0.2) is 0 Å². The minimum absolute atomic E-state index is 0.142. The van der Waals surface area contributed by atoms with E-state index in [1.165, 1.54) is 11.1 Å². The van der Waals surface area contributed by atoms with Crippen LogP contribution in [0, 0.1) is 20.8 Å². The van der Waals surface area contributed by atoms with Crippen molar-refractivity contribution in [3.05, 3.63) is 22.3 Å². The van der Waals surface area contributed by atoms with Gasteiger partial charge in [0.25, 0.3) is 0 Å². The number of hydrogen-bond acceptors (Lipinski definition) is 2. The van der Waals surface area contributed by atoms with Crippen LogP contribution >= 0.6 is 0 Å². The highest BCUT2D eigenvalue weighted by atomic mass is 32.2. The van der Waals surface area contributed by atoms with Gasteiger partial charge in [0.05, 0.1) is 10.8 Å². The number of rotatable bonds is 2. The highest BCUT2D eigenvalue weighted by Crippen LogP contribution is 2.43.